The van der Waals surface area contributed by atoms with Crippen LogP contribution in [0.5, 0.6) is 0 Å². The van der Waals surface area contributed by atoms with Crippen molar-refractivity contribution in [1.29, 1.82) is 0 Å². The van der Waals surface area contributed by atoms with Crippen molar-refractivity contribution >= 4 is 0 Å². The Kier molecular flexibility index (Phi) is 3.64. The first-order valence-corrected chi connectivity index (χ1v) is 7.67. The van der Waals surface area contributed by atoms with Crippen LogP contribution < -0.4 is 5.32 Å². The third kappa shape index (κ3) is 2.44. The molecule has 1 aromatic carbocycles. The summed E-state index contributed by atoms with van der Waals surface area (Å²) < 4.78 is 0. The molecule has 1 atom stereocenters. The van der Waals surface area contributed by atoms with Crippen LogP contribution in [0.4, 0.5) is 0 Å². The second kappa shape index (κ2) is 5.26. The second-order valence-corrected chi connectivity index (χ2v) is 6.54. The molecule has 1 aromatic rings. The zero-order valence-electron chi connectivity index (χ0n) is 12.3. The summed E-state index contributed by atoms with van der Waals surface area (Å²) in [5, 5.41) is 3.40. The maximum Gasteiger partial charge on any atom is 0.00777 e. The lowest BCUT2D eigenvalue weighted by molar-refractivity contribution is 0.239. The highest BCUT2D eigenvalue weighted by atomic mass is 15.1. The van der Waals surface area contributed by atoms with E-state index < -0.39 is 0 Å². The van der Waals surface area contributed by atoms with Crippen molar-refractivity contribution in [2.45, 2.75) is 37.0 Å². The third-order valence-electron chi connectivity index (χ3n) is 5.19. The molecule has 2 fully saturated rings. The zero-order valence-corrected chi connectivity index (χ0v) is 12.3. The van der Waals surface area contributed by atoms with Gasteiger partial charge in [-0.25, -0.2) is 0 Å². The summed E-state index contributed by atoms with van der Waals surface area (Å²) in [7, 11) is 4.31. The quantitative estimate of drug-likeness (QED) is 0.893. The summed E-state index contributed by atoms with van der Waals surface area (Å²) in [6, 6.07) is 9.46. The van der Waals surface area contributed by atoms with E-state index in [-0.39, 0.29) is 0 Å². The number of hydrogen-bond donors (Lipinski definition) is 1. The zero-order chi connectivity index (χ0) is 13.3. The van der Waals surface area contributed by atoms with Gasteiger partial charge in [-0.15, -0.1) is 0 Å². The van der Waals surface area contributed by atoms with Gasteiger partial charge in [0.1, 0.15) is 0 Å². The van der Waals surface area contributed by atoms with E-state index in [1.54, 1.807) is 11.1 Å². The van der Waals surface area contributed by atoms with E-state index in [0.29, 0.717) is 5.41 Å². The van der Waals surface area contributed by atoms with Crippen LogP contribution in [0.15, 0.2) is 24.3 Å². The lowest BCUT2D eigenvalue weighted by Gasteiger charge is -2.43. The summed E-state index contributed by atoms with van der Waals surface area (Å²) >= 11 is 0. The normalized spacial score (nSPS) is 26.3. The van der Waals surface area contributed by atoms with Crippen LogP contribution in [0.3, 0.4) is 0 Å². The van der Waals surface area contributed by atoms with Gasteiger partial charge >= 0.3 is 0 Å². The van der Waals surface area contributed by atoms with Crippen molar-refractivity contribution in [3.63, 3.8) is 0 Å². The topological polar surface area (TPSA) is 15.3 Å². The molecule has 1 saturated heterocycles. The van der Waals surface area contributed by atoms with Crippen molar-refractivity contribution in [1.82, 2.24) is 10.2 Å². The molecular formula is C17H26N2. The van der Waals surface area contributed by atoms with Crippen LogP contribution in [-0.4, -0.2) is 38.6 Å². The Morgan fingerprint density at radius 2 is 2.21 bits per heavy atom. The Labute approximate surface area is 117 Å². The van der Waals surface area contributed by atoms with Gasteiger partial charge < -0.3 is 10.2 Å². The van der Waals surface area contributed by atoms with E-state index in [1.165, 1.54) is 38.8 Å². The highest BCUT2D eigenvalue weighted by molar-refractivity contribution is 5.35. The van der Waals surface area contributed by atoms with Crippen molar-refractivity contribution < 1.29 is 0 Å². The Morgan fingerprint density at radius 3 is 2.79 bits per heavy atom. The van der Waals surface area contributed by atoms with Gasteiger partial charge in [0.25, 0.3) is 0 Å². The fourth-order valence-electron chi connectivity index (χ4n) is 3.84. The maximum atomic E-state index is 3.40. The number of likely N-dealkylation sites (N-methyl/N-ethyl adjacent to an activating group) is 2. The maximum absolute atomic E-state index is 3.40. The van der Waals surface area contributed by atoms with Crippen LogP contribution in [0.25, 0.3) is 0 Å². The highest BCUT2D eigenvalue weighted by Crippen LogP contribution is 2.44. The molecule has 1 heterocycles. The molecule has 0 spiro atoms. The molecule has 0 radical (unpaired) electrons. The molecule has 0 amide bonds. The molecular weight excluding hydrogens is 232 g/mol. The first-order chi connectivity index (χ1) is 9.23. The van der Waals surface area contributed by atoms with Crippen LogP contribution in [0.1, 0.15) is 42.7 Å². The summed E-state index contributed by atoms with van der Waals surface area (Å²) in [5.74, 6) is 0.747. The molecule has 19 heavy (non-hydrogen) atoms. The summed E-state index contributed by atoms with van der Waals surface area (Å²) in [5.41, 5.74) is 3.55. The third-order valence-corrected chi connectivity index (χ3v) is 5.19. The van der Waals surface area contributed by atoms with Gasteiger partial charge in [0, 0.05) is 18.5 Å². The number of hydrogen-bond acceptors (Lipinski definition) is 2. The smallest absolute Gasteiger partial charge is 0.00777 e. The van der Waals surface area contributed by atoms with E-state index in [0.717, 1.165) is 12.5 Å². The summed E-state index contributed by atoms with van der Waals surface area (Å²) in [6.45, 7) is 3.60. The van der Waals surface area contributed by atoms with Gasteiger partial charge in [-0.2, -0.15) is 0 Å². The molecule has 2 heteroatoms. The Hall–Kier alpha value is -0.860. The van der Waals surface area contributed by atoms with Crippen molar-refractivity contribution in [3.8, 4) is 0 Å². The van der Waals surface area contributed by atoms with E-state index in [9.17, 15) is 0 Å². The fraction of sp³-hybridized carbons (Fsp3) is 0.647. The van der Waals surface area contributed by atoms with Gasteiger partial charge in [0.2, 0.25) is 0 Å². The number of nitrogens with one attached hydrogen (secondary N) is 1. The highest BCUT2D eigenvalue weighted by Gasteiger charge is 2.38. The molecule has 2 aliphatic rings. The van der Waals surface area contributed by atoms with Gasteiger partial charge in [-0.05, 0) is 56.9 Å². The lowest BCUT2D eigenvalue weighted by atomic mass is 9.64. The summed E-state index contributed by atoms with van der Waals surface area (Å²) in [4.78, 5) is 2.45. The molecule has 1 aliphatic heterocycles. The Balaban J connectivity index is 1.83. The van der Waals surface area contributed by atoms with Crippen LogP contribution in [0.2, 0.25) is 0 Å². The Morgan fingerprint density at radius 1 is 1.37 bits per heavy atom. The lowest BCUT2D eigenvalue weighted by Crippen LogP contribution is -2.42. The van der Waals surface area contributed by atoms with Gasteiger partial charge in [-0.3, -0.25) is 0 Å². The average molecular weight is 258 g/mol. The standard InChI is InChI=1S/C17H26N2/c1-18-13-17(8-4-9-17)16-6-3-5-14(11-16)15-7-10-19(2)12-15/h3,5-6,11,15,18H,4,7-10,12-13H2,1-2H3. The molecule has 1 unspecified atom stereocenters. The first kappa shape index (κ1) is 13.1. The van der Waals surface area contributed by atoms with Crippen molar-refractivity contribution in [2.75, 3.05) is 33.7 Å². The number of rotatable bonds is 4. The minimum absolute atomic E-state index is 0.426. The van der Waals surface area contributed by atoms with E-state index in [4.69, 9.17) is 0 Å². The van der Waals surface area contributed by atoms with Gasteiger partial charge in [0.05, 0.1) is 0 Å². The van der Waals surface area contributed by atoms with Crippen LogP contribution in [0, 0.1) is 0 Å². The second-order valence-electron chi connectivity index (χ2n) is 6.54. The summed E-state index contributed by atoms with van der Waals surface area (Å²) in [6.07, 6.45) is 5.40. The van der Waals surface area contributed by atoms with E-state index in [1.807, 2.05) is 0 Å². The molecule has 0 aromatic heterocycles. The SMILES string of the molecule is CNCC1(c2cccc(C3CCN(C)C3)c2)CCC1. The molecule has 3 rings (SSSR count). The van der Waals surface area contributed by atoms with Gasteiger partial charge in [-0.1, -0.05) is 30.7 Å². The number of benzene rings is 1. The van der Waals surface area contributed by atoms with Crippen LogP contribution in [-0.2, 0) is 5.41 Å². The molecule has 104 valence electrons. The van der Waals surface area contributed by atoms with Crippen molar-refractivity contribution in [2.24, 2.45) is 0 Å². The molecule has 1 saturated carbocycles. The van der Waals surface area contributed by atoms with E-state index in [2.05, 4.69) is 48.6 Å². The molecule has 1 N–H and O–H groups in total. The predicted octanol–water partition coefficient (Wildman–Crippen LogP) is 2.75. The van der Waals surface area contributed by atoms with E-state index >= 15 is 0 Å². The molecule has 2 nitrogen and oxygen atoms in total. The predicted molar refractivity (Wildman–Crippen MR) is 80.8 cm³/mol. The fourth-order valence-corrected chi connectivity index (χ4v) is 3.84. The van der Waals surface area contributed by atoms with Gasteiger partial charge in [0.15, 0.2) is 0 Å². The molecule has 1 aliphatic carbocycles. The first-order valence-electron chi connectivity index (χ1n) is 7.67. The average Bonchev–Trinajstić information content (AvgIpc) is 2.81. The van der Waals surface area contributed by atoms with Crippen LogP contribution >= 0.6 is 0 Å². The minimum Gasteiger partial charge on any atom is -0.319 e. The largest absolute Gasteiger partial charge is 0.319 e. The monoisotopic (exact) mass is 258 g/mol. The number of nitrogens with zero attached hydrogens (tertiary/aromatic N) is 1. The Bertz CT molecular complexity index is 437. The van der Waals surface area contributed by atoms with Crippen molar-refractivity contribution in [3.05, 3.63) is 35.4 Å². The molecule has 0 bridgehead atoms. The minimum atomic E-state index is 0.426. The number of likely N-dealkylation sites (tertiary alicyclic amines) is 1.